The lowest BCUT2D eigenvalue weighted by atomic mass is 9.92. The SMILES string of the molecule is CCOC(=O)[C@H]1C[C@@]1(C(=O)OCC)c1cccc(C)c1. The summed E-state index contributed by atoms with van der Waals surface area (Å²) in [5.41, 5.74) is 1.04. The molecular formula is C16H20O4. The first-order chi connectivity index (χ1) is 9.56. The average molecular weight is 276 g/mol. The Hall–Kier alpha value is -1.84. The van der Waals surface area contributed by atoms with Crippen molar-refractivity contribution in [3.05, 3.63) is 35.4 Å². The molecule has 2 rings (SSSR count). The summed E-state index contributed by atoms with van der Waals surface area (Å²) in [6.07, 6.45) is 0.466. The van der Waals surface area contributed by atoms with Gasteiger partial charge in [0.2, 0.25) is 0 Å². The largest absolute Gasteiger partial charge is 0.466 e. The smallest absolute Gasteiger partial charge is 0.317 e. The van der Waals surface area contributed by atoms with Crippen molar-refractivity contribution in [3.63, 3.8) is 0 Å². The van der Waals surface area contributed by atoms with Crippen LogP contribution < -0.4 is 0 Å². The van der Waals surface area contributed by atoms with Crippen molar-refractivity contribution in [2.45, 2.75) is 32.6 Å². The lowest BCUT2D eigenvalue weighted by Crippen LogP contribution is -2.28. The topological polar surface area (TPSA) is 52.6 Å². The zero-order valence-corrected chi connectivity index (χ0v) is 12.1. The minimum Gasteiger partial charge on any atom is -0.466 e. The van der Waals surface area contributed by atoms with Gasteiger partial charge in [-0.2, -0.15) is 0 Å². The van der Waals surface area contributed by atoms with E-state index in [1.807, 2.05) is 31.2 Å². The third-order valence-corrected chi connectivity index (χ3v) is 3.70. The van der Waals surface area contributed by atoms with Gasteiger partial charge in [-0.1, -0.05) is 29.8 Å². The number of rotatable bonds is 5. The molecular weight excluding hydrogens is 256 g/mol. The molecule has 4 nitrogen and oxygen atoms in total. The molecule has 4 heteroatoms. The van der Waals surface area contributed by atoms with Crippen LogP contribution in [0.5, 0.6) is 0 Å². The van der Waals surface area contributed by atoms with E-state index in [0.717, 1.165) is 11.1 Å². The average Bonchev–Trinajstić information content (AvgIpc) is 3.16. The lowest BCUT2D eigenvalue weighted by molar-refractivity contribution is -0.152. The van der Waals surface area contributed by atoms with E-state index in [1.165, 1.54) is 0 Å². The highest BCUT2D eigenvalue weighted by molar-refractivity contribution is 5.96. The minimum absolute atomic E-state index is 0.307. The van der Waals surface area contributed by atoms with Crippen molar-refractivity contribution in [3.8, 4) is 0 Å². The molecule has 0 unspecified atom stereocenters. The van der Waals surface area contributed by atoms with Gasteiger partial charge in [-0.15, -0.1) is 0 Å². The number of ether oxygens (including phenoxy) is 2. The minimum atomic E-state index is -0.853. The summed E-state index contributed by atoms with van der Waals surface area (Å²) in [4.78, 5) is 24.3. The first kappa shape index (κ1) is 14.6. The lowest BCUT2D eigenvalue weighted by Gasteiger charge is -2.16. The first-order valence-corrected chi connectivity index (χ1v) is 6.97. The number of aryl methyl sites for hydroxylation is 1. The van der Waals surface area contributed by atoms with Crippen LogP contribution in [0, 0.1) is 12.8 Å². The van der Waals surface area contributed by atoms with Crippen LogP contribution in [-0.4, -0.2) is 25.2 Å². The van der Waals surface area contributed by atoms with Gasteiger partial charge in [-0.25, -0.2) is 0 Å². The molecule has 20 heavy (non-hydrogen) atoms. The zero-order valence-electron chi connectivity index (χ0n) is 12.1. The summed E-state index contributed by atoms with van der Waals surface area (Å²) in [6.45, 7) is 6.12. The molecule has 2 atom stereocenters. The number of hydrogen-bond acceptors (Lipinski definition) is 4. The van der Waals surface area contributed by atoms with Crippen LogP contribution in [-0.2, 0) is 24.5 Å². The van der Waals surface area contributed by atoms with E-state index in [-0.39, 0.29) is 11.9 Å². The van der Waals surface area contributed by atoms with Crippen LogP contribution in [0.25, 0.3) is 0 Å². The molecule has 1 saturated carbocycles. The summed E-state index contributed by atoms with van der Waals surface area (Å²) in [5.74, 6) is -1.07. The molecule has 0 saturated heterocycles. The van der Waals surface area contributed by atoms with E-state index in [4.69, 9.17) is 9.47 Å². The highest BCUT2D eigenvalue weighted by atomic mass is 16.5. The van der Waals surface area contributed by atoms with Crippen molar-refractivity contribution in [2.24, 2.45) is 5.92 Å². The Labute approximate surface area is 119 Å². The van der Waals surface area contributed by atoms with Gasteiger partial charge in [-0.05, 0) is 32.8 Å². The van der Waals surface area contributed by atoms with Crippen LogP contribution in [0.15, 0.2) is 24.3 Å². The van der Waals surface area contributed by atoms with E-state index < -0.39 is 11.3 Å². The maximum absolute atomic E-state index is 12.3. The second kappa shape index (κ2) is 5.65. The van der Waals surface area contributed by atoms with Crippen LogP contribution in [0.3, 0.4) is 0 Å². The Morgan fingerprint density at radius 3 is 2.55 bits per heavy atom. The Morgan fingerprint density at radius 1 is 1.25 bits per heavy atom. The Balaban J connectivity index is 2.33. The molecule has 1 aliphatic rings. The van der Waals surface area contributed by atoms with Gasteiger partial charge in [-0.3, -0.25) is 9.59 Å². The predicted octanol–water partition coefficient (Wildman–Crippen LogP) is 2.38. The summed E-state index contributed by atoms with van der Waals surface area (Å²) < 4.78 is 10.2. The maximum Gasteiger partial charge on any atom is 0.317 e. The summed E-state index contributed by atoms with van der Waals surface area (Å²) in [5, 5.41) is 0. The molecule has 0 N–H and O–H groups in total. The Morgan fingerprint density at radius 2 is 1.95 bits per heavy atom. The number of carbonyl (C=O) groups excluding carboxylic acids is 2. The summed E-state index contributed by atoms with van der Waals surface area (Å²) >= 11 is 0. The molecule has 0 amide bonds. The van der Waals surface area contributed by atoms with Gasteiger partial charge in [0.25, 0.3) is 0 Å². The molecule has 0 heterocycles. The van der Waals surface area contributed by atoms with E-state index in [9.17, 15) is 9.59 Å². The van der Waals surface area contributed by atoms with E-state index in [1.54, 1.807) is 13.8 Å². The van der Waals surface area contributed by atoms with Gasteiger partial charge in [0.05, 0.1) is 19.1 Å². The Kier molecular flexibility index (Phi) is 4.12. The number of carbonyl (C=O) groups is 2. The fraction of sp³-hybridized carbons (Fsp3) is 0.500. The maximum atomic E-state index is 12.3. The van der Waals surface area contributed by atoms with Crippen LogP contribution in [0.2, 0.25) is 0 Å². The number of esters is 2. The van der Waals surface area contributed by atoms with E-state index >= 15 is 0 Å². The molecule has 1 aromatic carbocycles. The monoisotopic (exact) mass is 276 g/mol. The van der Waals surface area contributed by atoms with Crippen molar-refractivity contribution < 1.29 is 19.1 Å². The van der Waals surface area contributed by atoms with Gasteiger partial charge in [0, 0.05) is 0 Å². The molecule has 1 fully saturated rings. The van der Waals surface area contributed by atoms with E-state index in [0.29, 0.717) is 19.6 Å². The normalized spacial score (nSPS) is 24.1. The van der Waals surface area contributed by atoms with Gasteiger partial charge in [0.1, 0.15) is 5.41 Å². The number of benzene rings is 1. The van der Waals surface area contributed by atoms with Crippen LogP contribution in [0.1, 0.15) is 31.4 Å². The second-order valence-electron chi connectivity index (χ2n) is 5.07. The number of hydrogen-bond donors (Lipinski definition) is 0. The highest BCUT2D eigenvalue weighted by Crippen LogP contribution is 2.56. The summed E-state index contributed by atoms with van der Waals surface area (Å²) in [7, 11) is 0. The van der Waals surface area contributed by atoms with Gasteiger partial charge < -0.3 is 9.47 Å². The van der Waals surface area contributed by atoms with Crippen LogP contribution in [0.4, 0.5) is 0 Å². The molecule has 0 radical (unpaired) electrons. The van der Waals surface area contributed by atoms with Crippen molar-refractivity contribution in [2.75, 3.05) is 13.2 Å². The zero-order chi connectivity index (χ0) is 14.8. The molecule has 0 bridgehead atoms. The first-order valence-electron chi connectivity index (χ1n) is 6.97. The molecule has 1 aromatic rings. The third-order valence-electron chi connectivity index (χ3n) is 3.70. The quantitative estimate of drug-likeness (QED) is 0.775. The fourth-order valence-corrected chi connectivity index (χ4v) is 2.64. The molecule has 108 valence electrons. The molecule has 1 aliphatic carbocycles. The predicted molar refractivity (Wildman–Crippen MR) is 74.2 cm³/mol. The van der Waals surface area contributed by atoms with E-state index in [2.05, 4.69) is 0 Å². The molecule has 0 aliphatic heterocycles. The van der Waals surface area contributed by atoms with Gasteiger partial charge >= 0.3 is 11.9 Å². The van der Waals surface area contributed by atoms with Crippen molar-refractivity contribution >= 4 is 11.9 Å². The molecule has 0 spiro atoms. The van der Waals surface area contributed by atoms with Gasteiger partial charge in [0.15, 0.2) is 0 Å². The summed E-state index contributed by atoms with van der Waals surface area (Å²) in [6, 6.07) is 7.68. The second-order valence-corrected chi connectivity index (χ2v) is 5.07. The third kappa shape index (κ3) is 2.42. The Bertz CT molecular complexity index is 523. The standard InChI is InChI=1S/C16H20O4/c1-4-19-14(17)13-10-16(13,15(18)20-5-2)12-8-6-7-11(3)9-12/h6-9,13H,4-5,10H2,1-3H3/t13-,16-/m1/s1. The van der Waals surface area contributed by atoms with Crippen molar-refractivity contribution in [1.82, 2.24) is 0 Å². The fourth-order valence-electron chi connectivity index (χ4n) is 2.64. The molecule has 0 aromatic heterocycles. The highest BCUT2D eigenvalue weighted by Gasteiger charge is 2.66. The van der Waals surface area contributed by atoms with Crippen molar-refractivity contribution in [1.29, 1.82) is 0 Å². The van der Waals surface area contributed by atoms with Crippen LogP contribution >= 0.6 is 0 Å².